The monoisotopic (exact) mass is 208 g/mol. The van der Waals surface area contributed by atoms with Gasteiger partial charge in [-0.1, -0.05) is 60.7 Å². The van der Waals surface area contributed by atoms with Gasteiger partial charge in [0.2, 0.25) is 0 Å². The highest BCUT2D eigenvalue weighted by atomic mass is 14.3. The molecule has 0 bridgehead atoms. The Morgan fingerprint density at radius 2 is 1.53 bits per heavy atom. The highest BCUT2D eigenvalue weighted by Gasteiger charge is 2.28. The van der Waals surface area contributed by atoms with Crippen LogP contribution in [0.5, 0.6) is 0 Å². The molecule has 0 heterocycles. The van der Waals surface area contributed by atoms with Crippen LogP contribution in [0.4, 0.5) is 0 Å². The van der Waals surface area contributed by atoms with Gasteiger partial charge in [-0.15, -0.1) is 0 Å². The van der Waals surface area contributed by atoms with E-state index in [1.54, 1.807) is 0 Å². The SMILES string of the molecule is [B]C(C)C(C)C(CC(C)(C)CC)C(C)C. The summed E-state index contributed by atoms with van der Waals surface area (Å²) in [5.41, 5.74) is 0.456. The summed E-state index contributed by atoms with van der Waals surface area (Å²) in [6.07, 6.45) is 2.55. The third-order valence-corrected chi connectivity index (χ3v) is 4.11. The Morgan fingerprint density at radius 1 is 1.07 bits per heavy atom. The minimum atomic E-state index is 0.310. The van der Waals surface area contributed by atoms with E-state index in [1.807, 2.05) is 0 Å². The summed E-state index contributed by atoms with van der Waals surface area (Å²) in [5.74, 6) is 2.41. The van der Waals surface area contributed by atoms with Crippen LogP contribution in [0, 0.1) is 23.2 Å². The molecule has 0 nitrogen and oxygen atoms in total. The maximum Gasteiger partial charge on any atom is 0.0699 e. The van der Waals surface area contributed by atoms with Crippen molar-refractivity contribution in [3.63, 3.8) is 0 Å². The van der Waals surface area contributed by atoms with Crippen LogP contribution in [0.1, 0.15) is 61.3 Å². The molecule has 0 rings (SSSR count). The summed E-state index contributed by atoms with van der Waals surface area (Å²) < 4.78 is 0. The van der Waals surface area contributed by atoms with Crippen LogP contribution in [0.3, 0.4) is 0 Å². The van der Waals surface area contributed by atoms with Gasteiger partial charge < -0.3 is 0 Å². The summed E-state index contributed by atoms with van der Waals surface area (Å²) in [4.78, 5) is 0. The molecule has 0 saturated carbocycles. The van der Waals surface area contributed by atoms with Crippen molar-refractivity contribution in [3.8, 4) is 0 Å². The Balaban J connectivity index is 4.55. The zero-order valence-corrected chi connectivity index (χ0v) is 11.8. The molecule has 0 aliphatic heterocycles. The molecule has 3 unspecified atom stereocenters. The fraction of sp³-hybridized carbons (Fsp3) is 1.00. The van der Waals surface area contributed by atoms with Crippen LogP contribution in [0.2, 0.25) is 5.82 Å². The summed E-state index contributed by atoms with van der Waals surface area (Å²) in [5, 5.41) is 0. The average Bonchev–Trinajstić information content (AvgIpc) is 2.12. The van der Waals surface area contributed by atoms with Crippen molar-refractivity contribution in [2.24, 2.45) is 23.2 Å². The molecule has 0 aliphatic rings. The molecule has 0 aliphatic carbocycles. The van der Waals surface area contributed by atoms with Crippen LogP contribution in [-0.4, -0.2) is 7.85 Å². The van der Waals surface area contributed by atoms with Crippen molar-refractivity contribution >= 4 is 7.85 Å². The fourth-order valence-electron chi connectivity index (χ4n) is 2.20. The Hall–Kier alpha value is 0.0649. The molecule has 88 valence electrons. The first kappa shape index (κ1) is 15.1. The third kappa shape index (κ3) is 5.09. The lowest BCUT2D eigenvalue weighted by Gasteiger charge is -2.36. The van der Waals surface area contributed by atoms with E-state index in [0.29, 0.717) is 17.2 Å². The van der Waals surface area contributed by atoms with Crippen LogP contribution in [0.25, 0.3) is 0 Å². The zero-order chi connectivity index (χ0) is 12.2. The topological polar surface area (TPSA) is 0 Å². The lowest BCUT2D eigenvalue weighted by Crippen LogP contribution is -2.27. The standard InChI is InChI=1S/C14H29B/c1-8-14(6,7)9-13(10(2)3)11(4)12(5)15/h10-13H,8-9H2,1-7H3. The van der Waals surface area contributed by atoms with E-state index in [1.165, 1.54) is 12.8 Å². The molecule has 2 radical (unpaired) electrons. The van der Waals surface area contributed by atoms with Gasteiger partial charge in [0, 0.05) is 0 Å². The summed E-state index contributed by atoms with van der Waals surface area (Å²) in [6, 6.07) is 0. The largest absolute Gasteiger partial charge is 0.0774 e. The van der Waals surface area contributed by atoms with Gasteiger partial charge in [-0.3, -0.25) is 0 Å². The first-order valence-corrected chi connectivity index (χ1v) is 6.47. The molecule has 0 aromatic carbocycles. The molecular formula is C14H29B. The van der Waals surface area contributed by atoms with Gasteiger partial charge in [-0.25, -0.2) is 0 Å². The molecular weight excluding hydrogens is 179 g/mol. The maximum absolute atomic E-state index is 6.03. The summed E-state index contributed by atoms with van der Waals surface area (Å²) in [6.45, 7) is 16.1. The van der Waals surface area contributed by atoms with E-state index in [9.17, 15) is 0 Å². The van der Waals surface area contributed by atoms with Gasteiger partial charge in [-0.2, -0.15) is 0 Å². The van der Waals surface area contributed by atoms with E-state index in [4.69, 9.17) is 7.85 Å². The van der Waals surface area contributed by atoms with E-state index in [2.05, 4.69) is 48.5 Å². The van der Waals surface area contributed by atoms with E-state index in [-0.39, 0.29) is 0 Å². The Kier molecular flexibility index (Phi) is 5.99. The minimum Gasteiger partial charge on any atom is -0.0774 e. The van der Waals surface area contributed by atoms with Crippen LogP contribution in [0.15, 0.2) is 0 Å². The van der Waals surface area contributed by atoms with E-state index < -0.39 is 0 Å². The number of hydrogen-bond donors (Lipinski definition) is 0. The van der Waals surface area contributed by atoms with Gasteiger partial charge in [0.1, 0.15) is 0 Å². The van der Waals surface area contributed by atoms with Crippen molar-refractivity contribution in [1.82, 2.24) is 0 Å². The Morgan fingerprint density at radius 3 is 1.80 bits per heavy atom. The predicted molar refractivity (Wildman–Crippen MR) is 71.4 cm³/mol. The first-order valence-electron chi connectivity index (χ1n) is 6.47. The van der Waals surface area contributed by atoms with Crippen LogP contribution < -0.4 is 0 Å². The highest BCUT2D eigenvalue weighted by molar-refractivity contribution is 6.11. The molecule has 3 atom stereocenters. The first-order chi connectivity index (χ1) is 6.71. The highest BCUT2D eigenvalue weighted by Crippen LogP contribution is 2.39. The van der Waals surface area contributed by atoms with Gasteiger partial charge in [-0.05, 0) is 29.6 Å². The lowest BCUT2D eigenvalue weighted by molar-refractivity contribution is 0.162. The van der Waals surface area contributed by atoms with E-state index >= 15 is 0 Å². The molecule has 0 aromatic rings. The molecule has 0 aromatic heterocycles. The predicted octanol–water partition coefficient (Wildman–Crippen LogP) is 4.70. The second-order valence-corrected chi connectivity index (χ2v) is 6.35. The van der Waals surface area contributed by atoms with Gasteiger partial charge in [0.25, 0.3) is 0 Å². The molecule has 0 spiro atoms. The molecule has 0 amide bonds. The van der Waals surface area contributed by atoms with Gasteiger partial charge in [0.15, 0.2) is 0 Å². The Bertz CT molecular complexity index is 170. The van der Waals surface area contributed by atoms with Crippen molar-refractivity contribution in [2.45, 2.75) is 67.1 Å². The minimum absolute atomic E-state index is 0.310. The van der Waals surface area contributed by atoms with Crippen LogP contribution in [-0.2, 0) is 0 Å². The molecule has 1 heteroatoms. The number of hydrogen-bond acceptors (Lipinski definition) is 0. The van der Waals surface area contributed by atoms with Gasteiger partial charge in [0.05, 0.1) is 7.85 Å². The fourth-order valence-corrected chi connectivity index (χ4v) is 2.20. The summed E-state index contributed by atoms with van der Waals surface area (Å²) >= 11 is 0. The smallest absolute Gasteiger partial charge is 0.0699 e. The van der Waals surface area contributed by atoms with E-state index in [0.717, 1.165) is 11.8 Å². The average molecular weight is 208 g/mol. The molecule has 0 N–H and O–H groups in total. The van der Waals surface area contributed by atoms with Crippen LogP contribution >= 0.6 is 0 Å². The second kappa shape index (κ2) is 5.96. The zero-order valence-electron chi connectivity index (χ0n) is 11.8. The molecule has 15 heavy (non-hydrogen) atoms. The summed E-state index contributed by atoms with van der Waals surface area (Å²) in [7, 11) is 6.03. The quantitative estimate of drug-likeness (QED) is 0.555. The number of rotatable bonds is 6. The maximum atomic E-state index is 6.03. The Labute approximate surface area is 98.6 Å². The molecule has 0 saturated heterocycles. The van der Waals surface area contributed by atoms with Crippen molar-refractivity contribution in [2.75, 3.05) is 0 Å². The van der Waals surface area contributed by atoms with Crippen molar-refractivity contribution in [3.05, 3.63) is 0 Å². The second-order valence-electron chi connectivity index (χ2n) is 6.35. The van der Waals surface area contributed by atoms with Gasteiger partial charge >= 0.3 is 0 Å². The van der Waals surface area contributed by atoms with Crippen molar-refractivity contribution < 1.29 is 0 Å². The third-order valence-electron chi connectivity index (χ3n) is 4.11. The lowest BCUT2D eigenvalue weighted by atomic mass is 9.65. The normalized spacial score (nSPS) is 18.9. The van der Waals surface area contributed by atoms with Crippen molar-refractivity contribution in [1.29, 1.82) is 0 Å². The molecule has 0 fully saturated rings.